The molecule has 3 N–H and O–H groups in total. The zero-order chi connectivity index (χ0) is 19.2. The molecule has 144 valence electrons. The second-order valence-electron chi connectivity index (χ2n) is 6.70. The first kappa shape index (κ1) is 25.2. The maximum Gasteiger partial charge on any atom is 0.264 e. The van der Waals surface area contributed by atoms with Crippen LogP contribution in [0.3, 0.4) is 0 Å². The summed E-state index contributed by atoms with van der Waals surface area (Å²) in [4.78, 5) is 9.89. The van der Waals surface area contributed by atoms with Crippen LogP contribution in [-0.4, -0.2) is 83.0 Å². The predicted octanol–water partition coefficient (Wildman–Crippen LogP) is -1.15. The van der Waals surface area contributed by atoms with Crippen LogP contribution >= 0.6 is 0 Å². The number of carbonyl (C=O) groups excluding carboxylic acids is 1. The van der Waals surface area contributed by atoms with Gasteiger partial charge in [-0.1, -0.05) is 12.2 Å². The molecule has 0 spiro atoms. The Morgan fingerprint density at radius 3 is 2.00 bits per heavy atom. The maximum atomic E-state index is 10.4. The molecule has 0 saturated carbocycles. The highest BCUT2D eigenvalue weighted by molar-refractivity contribution is 7.85. The van der Waals surface area contributed by atoms with Gasteiger partial charge in [0.2, 0.25) is 0 Å². The van der Waals surface area contributed by atoms with Gasteiger partial charge in [-0.3, -0.25) is 4.55 Å². The fraction of sp³-hybridized carbons (Fsp3) is 0.800. The smallest absolute Gasteiger partial charge is 0.264 e. The van der Waals surface area contributed by atoms with E-state index in [9.17, 15) is 18.3 Å². The van der Waals surface area contributed by atoms with Crippen LogP contribution in [0.2, 0.25) is 0 Å². The van der Waals surface area contributed by atoms with Crippen LogP contribution in [0.5, 0.6) is 0 Å². The van der Waals surface area contributed by atoms with E-state index in [-0.39, 0.29) is 12.3 Å². The molecular formula is C15H33N3O5S. The Hall–Kier alpha value is -1.00. The lowest BCUT2D eigenvalue weighted by Gasteiger charge is -2.23. The van der Waals surface area contributed by atoms with E-state index in [1.165, 1.54) is 0 Å². The fourth-order valence-electron chi connectivity index (χ4n) is 1.53. The van der Waals surface area contributed by atoms with Gasteiger partial charge in [0.25, 0.3) is 10.1 Å². The van der Waals surface area contributed by atoms with Crippen LogP contribution in [0.15, 0.2) is 12.2 Å². The number of rotatable bonds is 12. The van der Waals surface area contributed by atoms with E-state index < -0.39 is 16.1 Å². The number of likely N-dealkylation sites (N-methyl/N-ethyl adjacent to an activating group) is 1. The highest BCUT2D eigenvalue weighted by atomic mass is 32.2. The number of aliphatic carboxylic acids is 1. The summed E-state index contributed by atoms with van der Waals surface area (Å²) >= 11 is 0. The van der Waals surface area contributed by atoms with Gasteiger partial charge in [-0.15, -0.1) is 0 Å². The molecule has 0 atom stereocenters. The van der Waals surface area contributed by atoms with E-state index in [0.29, 0.717) is 17.4 Å². The van der Waals surface area contributed by atoms with E-state index >= 15 is 0 Å². The first-order chi connectivity index (χ1) is 10.8. The van der Waals surface area contributed by atoms with Gasteiger partial charge in [0.15, 0.2) is 0 Å². The summed E-state index contributed by atoms with van der Waals surface area (Å²) in [5.74, 6) is -1.18. The van der Waals surface area contributed by atoms with Gasteiger partial charge in [0.1, 0.15) is 6.54 Å². The van der Waals surface area contributed by atoms with Crippen molar-refractivity contribution in [3.05, 3.63) is 12.2 Å². The van der Waals surface area contributed by atoms with Gasteiger partial charge in [-0.2, -0.15) is 8.42 Å². The molecule has 0 fully saturated rings. The second-order valence-corrected chi connectivity index (χ2v) is 8.27. The summed E-state index contributed by atoms with van der Waals surface area (Å²) < 4.78 is 29.6. The fourth-order valence-corrected chi connectivity index (χ4v) is 2.04. The van der Waals surface area contributed by atoms with Crippen molar-refractivity contribution in [1.82, 2.24) is 10.6 Å². The molecule has 0 saturated heterocycles. The third-order valence-corrected chi connectivity index (χ3v) is 3.30. The minimum Gasteiger partial charge on any atom is -0.544 e. The molecule has 0 unspecified atom stereocenters. The summed E-state index contributed by atoms with van der Waals surface area (Å²) in [6.45, 7) is 9.02. The molecule has 0 radical (unpaired) electrons. The largest absolute Gasteiger partial charge is 0.544 e. The summed E-state index contributed by atoms with van der Waals surface area (Å²) in [7, 11) is 1.61. The molecule has 0 aliphatic heterocycles. The molecule has 0 amide bonds. The third kappa shape index (κ3) is 29.1. The van der Waals surface area contributed by atoms with Crippen LogP contribution in [0.4, 0.5) is 0 Å². The van der Waals surface area contributed by atoms with Crippen molar-refractivity contribution in [2.24, 2.45) is 0 Å². The molecule has 24 heavy (non-hydrogen) atoms. The maximum absolute atomic E-state index is 10.4. The van der Waals surface area contributed by atoms with Gasteiger partial charge in [0, 0.05) is 6.54 Å². The third-order valence-electron chi connectivity index (χ3n) is 2.49. The van der Waals surface area contributed by atoms with Gasteiger partial charge < -0.3 is 25.0 Å². The average Bonchev–Trinajstić information content (AvgIpc) is 2.32. The Bertz CT molecular complexity index is 458. The Labute approximate surface area is 146 Å². The van der Waals surface area contributed by atoms with Crippen molar-refractivity contribution in [1.29, 1.82) is 0 Å². The predicted molar refractivity (Wildman–Crippen MR) is 94.1 cm³/mol. The molecule has 0 aromatic heterocycles. The summed E-state index contributed by atoms with van der Waals surface area (Å²) in [5.41, 5.74) is 1.11. The van der Waals surface area contributed by atoms with Crippen molar-refractivity contribution < 1.29 is 27.4 Å². The quantitative estimate of drug-likeness (QED) is 0.172. The number of carbonyl (C=O) groups is 1. The van der Waals surface area contributed by atoms with E-state index in [1.54, 1.807) is 21.1 Å². The lowest BCUT2D eigenvalue weighted by molar-refractivity contribution is -0.864. The van der Waals surface area contributed by atoms with E-state index in [1.807, 2.05) is 6.92 Å². The Kier molecular flexibility index (Phi) is 14.0. The number of carboxylic acids is 1. The highest BCUT2D eigenvalue weighted by Gasteiger charge is 2.04. The highest BCUT2D eigenvalue weighted by Crippen LogP contribution is 1.87. The van der Waals surface area contributed by atoms with Gasteiger partial charge in [0.05, 0.1) is 32.9 Å². The topological polar surface area (TPSA) is 119 Å². The Balaban J connectivity index is 0. The molecule has 0 heterocycles. The lowest BCUT2D eigenvalue weighted by atomic mass is 10.3. The van der Waals surface area contributed by atoms with E-state index in [0.717, 1.165) is 31.6 Å². The molecule has 0 aromatic rings. The lowest BCUT2D eigenvalue weighted by Crippen LogP contribution is -2.45. The van der Waals surface area contributed by atoms with Crippen molar-refractivity contribution in [2.45, 2.75) is 19.8 Å². The van der Waals surface area contributed by atoms with Crippen molar-refractivity contribution in [2.75, 3.05) is 59.6 Å². The monoisotopic (exact) mass is 367 g/mol. The molecule has 0 aliphatic rings. The summed E-state index contributed by atoms with van der Waals surface area (Å²) in [5, 5.41) is 16.2. The van der Waals surface area contributed by atoms with E-state index in [4.69, 9.17) is 4.55 Å². The molecule has 0 rings (SSSR count). The average molecular weight is 368 g/mol. The normalized spacial score (nSPS) is 11.5. The number of hydrogen-bond donors (Lipinski definition) is 3. The Morgan fingerprint density at radius 1 is 1.12 bits per heavy atom. The molecule has 8 nitrogen and oxygen atoms in total. The number of carboxylic acid groups (broad SMARTS) is 1. The number of quaternary nitrogens is 1. The zero-order valence-electron chi connectivity index (χ0n) is 15.3. The molecule has 0 aliphatic carbocycles. The van der Waals surface area contributed by atoms with Crippen LogP contribution in [0.1, 0.15) is 19.8 Å². The standard InChI is InChI=1S/C10H22N2O3S.C5H11NO2/c1-10(2)9-12-6-3-5-11-7-4-8-16(13,14)15;1-6(2,3)4-5(7)8/h11-12H,1,3-9H2,2H3,(H,13,14,15);4H2,1-3H3. The van der Waals surface area contributed by atoms with Gasteiger partial charge in [-0.05, 0) is 39.4 Å². The van der Waals surface area contributed by atoms with E-state index in [2.05, 4.69) is 17.2 Å². The second kappa shape index (κ2) is 13.3. The molecular weight excluding hydrogens is 334 g/mol. The summed E-state index contributed by atoms with van der Waals surface area (Å²) in [6, 6.07) is 0. The van der Waals surface area contributed by atoms with Gasteiger partial charge >= 0.3 is 0 Å². The minimum atomic E-state index is -3.80. The summed E-state index contributed by atoms with van der Waals surface area (Å²) in [6.07, 6.45) is 1.43. The SMILES string of the molecule is C=C(C)CNCCCNCCCS(=O)(=O)O.C[N+](C)(C)CC(=O)[O-]. The van der Waals surface area contributed by atoms with Crippen LogP contribution in [-0.2, 0) is 14.9 Å². The van der Waals surface area contributed by atoms with Crippen molar-refractivity contribution >= 4 is 16.1 Å². The molecule has 0 bridgehead atoms. The number of nitrogens with zero attached hydrogens (tertiary/aromatic N) is 1. The zero-order valence-corrected chi connectivity index (χ0v) is 16.1. The minimum absolute atomic E-state index is 0.0694. The number of nitrogens with one attached hydrogen (secondary N) is 2. The van der Waals surface area contributed by atoms with Crippen LogP contribution in [0, 0.1) is 0 Å². The molecule has 0 aromatic carbocycles. The molecule has 9 heteroatoms. The Morgan fingerprint density at radius 2 is 1.62 bits per heavy atom. The number of hydrogen-bond acceptors (Lipinski definition) is 6. The first-order valence-electron chi connectivity index (χ1n) is 7.85. The van der Waals surface area contributed by atoms with Crippen LogP contribution in [0.25, 0.3) is 0 Å². The van der Waals surface area contributed by atoms with Gasteiger partial charge in [-0.25, -0.2) is 0 Å². The van der Waals surface area contributed by atoms with Crippen molar-refractivity contribution in [3.8, 4) is 0 Å². The first-order valence-corrected chi connectivity index (χ1v) is 9.45. The van der Waals surface area contributed by atoms with Crippen LogP contribution < -0.4 is 15.7 Å². The van der Waals surface area contributed by atoms with Crippen molar-refractivity contribution in [3.63, 3.8) is 0 Å².